The lowest BCUT2D eigenvalue weighted by atomic mass is 9.99. The summed E-state index contributed by atoms with van der Waals surface area (Å²) in [7, 11) is 0. The SMILES string of the molecule is CCC1CN(C(=O)c2c(F)cc(F)cc2F)c2cc(C)c(C)cc2N1C(=O)O. The van der Waals surface area contributed by atoms with Gasteiger partial charge in [0, 0.05) is 18.7 Å². The first-order valence-corrected chi connectivity index (χ1v) is 8.75. The fourth-order valence-corrected chi connectivity index (χ4v) is 3.43. The van der Waals surface area contributed by atoms with Crippen molar-refractivity contribution in [3.05, 3.63) is 58.4 Å². The molecule has 3 rings (SSSR count). The highest BCUT2D eigenvalue weighted by molar-refractivity contribution is 6.10. The van der Waals surface area contributed by atoms with Crippen LogP contribution in [-0.4, -0.2) is 29.7 Å². The Morgan fingerprint density at radius 1 is 1.04 bits per heavy atom. The number of carbonyl (C=O) groups excluding carboxylic acids is 1. The maximum absolute atomic E-state index is 14.2. The van der Waals surface area contributed by atoms with Crippen LogP contribution in [0.5, 0.6) is 0 Å². The first-order valence-electron chi connectivity index (χ1n) is 8.75. The van der Waals surface area contributed by atoms with Crippen molar-refractivity contribution in [1.82, 2.24) is 0 Å². The van der Waals surface area contributed by atoms with Crippen LogP contribution in [0.25, 0.3) is 0 Å². The van der Waals surface area contributed by atoms with Gasteiger partial charge in [-0.05, 0) is 43.5 Å². The number of benzene rings is 2. The molecule has 0 fully saturated rings. The number of carboxylic acid groups (broad SMARTS) is 1. The van der Waals surface area contributed by atoms with Gasteiger partial charge in [0.15, 0.2) is 0 Å². The summed E-state index contributed by atoms with van der Waals surface area (Å²) in [5.74, 6) is -4.72. The number of fused-ring (bicyclic) bond motifs is 1. The summed E-state index contributed by atoms with van der Waals surface area (Å²) >= 11 is 0. The van der Waals surface area contributed by atoms with Gasteiger partial charge in [0.25, 0.3) is 5.91 Å². The van der Waals surface area contributed by atoms with Gasteiger partial charge >= 0.3 is 6.09 Å². The number of aryl methyl sites for hydroxylation is 2. The van der Waals surface area contributed by atoms with Gasteiger partial charge in [-0.3, -0.25) is 9.69 Å². The summed E-state index contributed by atoms with van der Waals surface area (Å²) in [5.41, 5.74) is 1.24. The summed E-state index contributed by atoms with van der Waals surface area (Å²) < 4.78 is 41.6. The van der Waals surface area contributed by atoms with Gasteiger partial charge in [-0.15, -0.1) is 0 Å². The number of hydrogen-bond donors (Lipinski definition) is 1. The van der Waals surface area contributed by atoms with Gasteiger partial charge in [-0.2, -0.15) is 0 Å². The van der Waals surface area contributed by atoms with E-state index in [2.05, 4.69) is 0 Å². The van der Waals surface area contributed by atoms with Crippen LogP contribution in [0.3, 0.4) is 0 Å². The van der Waals surface area contributed by atoms with Crippen molar-refractivity contribution in [2.45, 2.75) is 33.2 Å². The summed E-state index contributed by atoms with van der Waals surface area (Å²) in [6.45, 7) is 5.27. The van der Waals surface area contributed by atoms with Crippen LogP contribution < -0.4 is 9.80 Å². The van der Waals surface area contributed by atoms with Crippen molar-refractivity contribution in [1.29, 1.82) is 0 Å². The van der Waals surface area contributed by atoms with E-state index in [0.29, 0.717) is 18.6 Å². The highest BCUT2D eigenvalue weighted by Gasteiger charge is 2.38. The second kappa shape index (κ2) is 7.18. The zero-order valence-electron chi connectivity index (χ0n) is 15.6. The molecule has 2 amide bonds. The Bertz CT molecular complexity index is 954. The van der Waals surface area contributed by atoms with Gasteiger partial charge in [0.05, 0.1) is 17.4 Å². The Kier molecular flexibility index (Phi) is 5.06. The van der Waals surface area contributed by atoms with E-state index in [1.807, 2.05) is 0 Å². The normalized spacial score (nSPS) is 16.1. The third-order valence-electron chi connectivity index (χ3n) is 5.04. The van der Waals surface area contributed by atoms with Crippen LogP contribution >= 0.6 is 0 Å². The molecule has 1 unspecified atom stereocenters. The monoisotopic (exact) mass is 392 g/mol. The van der Waals surface area contributed by atoms with Crippen molar-refractivity contribution < 1.29 is 27.9 Å². The van der Waals surface area contributed by atoms with Crippen LogP contribution in [-0.2, 0) is 0 Å². The first-order chi connectivity index (χ1) is 13.1. The van der Waals surface area contributed by atoms with E-state index in [1.165, 1.54) is 4.90 Å². The van der Waals surface area contributed by atoms with Crippen LogP contribution in [0, 0.1) is 31.3 Å². The first kappa shape index (κ1) is 19.7. The van der Waals surface area contributed by atoms with Gasteiger partial charge in [0.2, 0.25) is 0 Å². The van der Waals surface area contributed by atoms with Crippen LogP contribution in [0.2, 0.25) is 0 Å². The Morgan fingerprint density at radius 3 is 2.07 bits per heavy atom. The molecular weight excluding hydrogens is 373 g/mol. The minimum Gasteiger partial charge on any atom is -0.465 e. The third kappa shape index (κ3) is 3.19. The Hall–Kier alpha value is -3.03. The second-order valence-electron chi connectivity index (χ2n) is 6.80. The van der Waals surface area contributed by atoms with E-state index in [-0.39, 0.29) is 17.9 Å². The maximum Gasteiger partial charge on any atom is 0.412 e. The van der Waals surface area contributed by atoms with E-state index in [1.54, 1.807) is 32.9 Å². The second-order valence-corrected chi connectivity index (χ2v) is 6.80. The number of halogens is 3. The molecule has 0 saturated heterocycles. The van der Waals surface area contributed by atoms with Gasteiger partial charge < -0.3 is 10.0 Å². The Morgan fingerprint density at radius 2 is 1.57 bits per heavy atom. The quantitative estimate of drug-likeness (QED) is 0.810. The van der Waals surface area contributed by atoms with Crippen molar-refractivity contribution >= 4 is 23.4 Å². The average molecular weight is 392 g/mol. The minimum absolute atomic E-state index is 0.0760. The molecule has 0 bridgehead atoms. The summed E-state index contributed by atoms with van der Waals surface area (Å²) in [6.07, 6.45) is -0.792. The molecule has 2 aromatic carbocycles. The van der Waals surface area contributed by atoms with E-state index in [4.69, 9.17) is 0 Å². The molecule has 1 atom stereocenters. The summed E-state index contributed by atoms with van der Waals surface area (Å²) in [4.78, 5) is 27.2. The predicted octanol–water partition coefficient (Wildman–Crippen LogP) is 4.64. The lowest BCUT2D eigenvalue weighted by Crippen LogP contribution is -2.53. The molecule has 2 aromatic rings. The van der Waals surface area contributed by atoms with Gasteiger partial charge in [-0.25, -0.2) is 18.0 Å². The molecule has 148 valence electrons. The fourth-order valence-electron chi connectivity index (χ4n) is 3.43. The van der Waals surface area contributed by atoms with Crippen molar-refractivity contribution in [3.63, 3.8) is 0 Å². The van der Waals surface area contributed by atoms with E-state index >= 15 is 0 Å². The van der Waals surface area contributed by atoms with Crippen LogP contribution in [0.1, 0.15) is 34.8 Å². The predicted molar refractivity (Wildman–Crippen MR) is 98.5 cm³/mol. The van der Waals surface area contributed by atoms with Crippen molar-refractivity contribution in [2.75, 3.05) is 16.3 Å². The lowest BCUT2D eigenvalue weighted by molar-refractivity contribution is 0.0974. The number of rotatable bonds is 2. The molecule has 0 aliphatic carbocycles. The molecule has 5 nitrogen and oxygen atoms in total. The molecule has 1 aliphatic heterocycles. The number of anilines is 2. The molecular formula is C20H19F3N2O3. The number of amides is 2. The zero-order chi connectivity index (χ0) is 20.7. The Balaban J connectivity index is 2.19. The molecule has 28 heavy (non-hydrogen) atoms. The number of nitrogens with zero attached hydrogens (tertiary/aromatic N) is 2. The van der Waals surface area contributed by atoms with Crippen LogP contribution in [0.15, 0.2) is 24.3 Å². The van der Waals surface area contributed by atoms with E-state index < -0.39 is 41.1 Å². The smallest absolute Gasteiger partial charge is 0.412 e. The number of hydrogen-bond acceptors (Lipinski definition) is 2. The summed E-state index contributed by atoms with van der Waals surface area (Å²) in [6, 6.07) is 3.55. The molecule has 1 N–H and O–H groups in total. The molecule has 0 aromatic heterocycles. The van der Waals surface area contributed by atoms with Gasteiger partial charge in [-0.1, -0.05) is 6.92 Å². The van der Waals surface area contributed by atoms with Crippen molar-refractivity contribution in [2.24, 2.45) is 0 Å². The standard InChI is InChI=1S/C20H19F3N2O3/c1-4-13-9-24(19(26)18-14(22)7-12(21)8-15(18)23)16-5-10(2)11(3)6-17(16)25(13)20(27)28/h5-8,13H,4,9H2,1-3H3,(H,27,28). The third-order valence-corrected chi connectivity index (χ3v) is 5.04. The molecule has 8 heteroatoms. The van der Waals surface area contributed by atoms with Crippen molar-refractivity contribution in [3.8, 4) is 0 Å². The zero-order valence-corrected chi connectivity index (χ0v) is 15.6. The minimum atomic E-state index is -1.30. The average Bonchev–Trinajstić information content (AvgIpc) is 2.60. The molecule has 0 spiro atoms. The maximum atomic E-state index is 14.2. The molecule has 1 heterocycles. The molecule has 0 radical (unpaired) electrons. The van der Waals surface area contributed by atoms with E-state index in [9.17, 15) is 27.9 Å². The lowest BCUT2D eigenvalue weighted by Gasteiger charge is -2.41. The largest absolute Gasteiger partial charge is 0.465 e. The van der Waals surface area contributed by atoms with E-state index in [0.717, 1.165) is 16.0 Å². The highest BCUT2D eigenvalue weighted by atomic mass is 19.1. The number of carbonyl (C=O) groups is 2. The molecule has 0 saturated carbocycles. The highest BCUT2D eigenvalue weighted by Crippen LogP contribution is 2.39. The topological polar surface area (TPSA) is 60.9 Å². The van der Waals surface area contributed by atoms with Crippen LogP contribution in [0.4, 0.5) is 29.3 Å². The fraction of sp³-hybridized carbons (Fsp3) is 0.300. The summed E-state index contributed by atoms with van der Waals surface area (Å²) in [5, 5.41) is 9.67. The molecule has 1 aliphatic rings. The van der Waals surface area contributed by atoms with Gasteiger partial charge in [0.1, 0.15) is 23.0 Å². The Labute approximate surface area is 160 Å².